The first-order valence-electron chi connectivity index (χ1n) is 8.61. The highest BCUT2D eigenvalue weighted by Crippen LogP contribution is 2.27. The van der Waals surface area contributed by atoms with Gasteiger partial charge in [-0.25, -0.2) is 0 Å². The van der Waals surface area contributed by atoms with E-state index in [1.54, 1.807) is 7.11 Å². The summed E-state index contributed by atoms with van der Waals surface area (Å²) >= 11 is 0. The standard InChI is InChI=1S/C20H26NO2P/c1-16-10-11-18(23-15-22-2)20(14-16)24-19-9-5-4-8-17(19)21-12-6-3-7-13-21/h4-5,8-11,14,24H,3,6-7,12-13,15H2,1-2H3. The van der Waals surface area contributed by atoms with E-state index in [2.05, 4.69) is 54.3 Å². The molecule has 3 rings (SSSR count). The lowest BCUT2D eigenvalue weighted by Crippen LogP contribution is -2.32. The Morgan fingerprint density at radius 3 is 2.58 bits per heavy atom. The van der Waals surface area contributed by atoms with Crippen molar-refractivity contribution in [1.29, 1.82) is 0 Å². The Labute approximate surface area is 146 Å². The van der Waals surface area contributed by atoms with Crippen molar-refractivity contribution < 1.29 is 9.47 Å². The number of ether oxygens (including phenoxy) is 2. The predicted molar refractivity (Wildman–Crippen MR) is 104 cm³/mol. The minimum absolute atomic E-state index is 0.286. The molecule has 2 aromatic rings. The monoisotopic (exact) mass is 343 g/mol. The van der Waals surface area contributed by atoms with Crippen molar-refractivity contribution in [1.82, 2.24) is 0 Å². The van der Waals surface area contributed by atoms with E-state index < -0.39 is 0 Å². The Morgan fingerprint density at radius 1 is 1.00 bits per heavy atom. The van der Waals surface area contributed by atoms with Gasteiger partial charge in [0.15, 0.2) is 6.79 Å². The third-order valence-electron chi connectivity index (χ3n) is 4.34. The van der Waals surface area contributed by atoms with Gasteiger partial charge in [-0.2, -0.15) is 0 Å². The summed E-state index contributed by atoms with van der Waals surface area (Å²) in [5.41, 5.74) is 2.65. The van der Waals surface area contributed by atoms with Gasteiger partial charge in [-0.3, -0.25) is 0 Å². The molecule has 1 aliphatic heterocycles. The number of aryl methyl sites for hydroxylation is 1. The first kappa shape index (κ1) is 17.3. The van der Waals surface area contributed by atoms with Gasteiger partial charge in [0.25, 0.3) is 0 Å². The predicted octanol–water partition coefficient (Wildman–Crippen LogP) is 3.60. The molecule has 0 radical (unpaired) electrons. The Bertz CT molecular complexity index is 668. The Hall–Kier alpha value is -1.57. The largest absolute Gasteiger partial charge is 0.467 e. The fourth-order valence-electron chi connectivity index (χ4n) is 3.12. The van der Waals surface area contributed by atoms with Crippen molar-refractivity contribution in [2.75, 3.05) is 31.9 Å². The molecule has 1 fully saturated rings. The second kappa shape index (κ2) is 8.50. The number of para-hydroxylation sites is 1. The third-order valence-corrected chi connectivity index (χ3v) is 5.69. The molecule has 0 amide bonds. The van der Waals surface area contributed by atoms with Crippen molar-refractivity contribution in [2.45, 2.75) is 26.2 Å². The number of rotatable bonds is 6. The van der Waals surface area contributed by atoms with Crippen LogP contribution in [0.4, 0.5) is 5.69 Å². The lowest BCUT2D eigenvalue weighted by atomic mass is 10.1. The summed E-state index contributed by atoms with van der Waals surface area (Å²) in [6, 6.07) is 15.2. The zero-order valence-electron chi connectivity index (χ0n) is 14.5. The summed E-state index contributed by atoms with van der Waals surface area (Å²) in [4.78, 5) is 2.54. The average Bonchev–Trinajstić information content (AvgIpc) is 2.62. The van der Waals surface area contributed by atoms with E-state index in [-0.39, 0.29) is 6.79 Å². The molecule has 0 bridgehead atoms. The molecule has 1 saturated heterocycles. The van der Waals surface area contributed by atoms with E-state index in [0.29, 0.717) is 8.58 Å². The van der Waals surface area contributed by atoms with E-state index in [0.717, 1.165) is 5.75 Å². The first-order valence-corrected chi connectivity index (χ1v) is 9.61. The lowest BCUT2D eigenvalue weighted by Gasteiger charge is -2.30. The van der Waals surface area contributed by atoms with Crippen molar-refractivity contribution in [3.63, 3.8) is 0 Å². The minimum Gasteiger partial charge on any atom is -0.467 e. The molecule has 0 aromatic heterocycles. The van der Waals surface area contributed by atoms with Crippen LogP contribution < -0.4 is 20.2 Å². The molecule has 1 unspecified atom stereocenters. The normalized spacial score (nSPS) is 15.2. The molecule has 0 spiro atoms. The summed E-state index contributed by atoms with van der Waals surface area (Å²) in [7, 11) is 2.24. The van der Waals surface area contributed by atoms with Crippen molar-refractivity contribution >= 4 is 24.9 Å². The first-order chi connectivity index (χ1) is 11.8. The van der Waals surface area contributed by atoms with Crippen LogP contribution in [-0.4, -0.2) is 27.0 Å². The Kier molecular flexibility index (Phi) is 6.12. The fraction of sp³-hybridized carbons (Fsp3) is 0.400. The smallest absolute Gasteiger partial charge is 0.188 e. The maximum atomic E-state index is 5.77. The van der Waals surface area contributed by atoms with Crippen LogP contribution >= 0.6 is 8.58 Å². The minimum atomic E-state index is 0.286. The Morgan fingerprint density at radius 2 is 1.79 bits per heavy atom. The van der Waals surface area contributed by atoms with Gasteiger partial charge in [-0.05, 0) is 44.4 Å². The van der Waals surface area contributed by atoms with Crippen LogP contribution in [0.2, 0.25) is 0 Å². The number of hydrogen-bond acceptors (Lipinski definition) is 3. The van der Waals surface area contributed by atoms with Crippen molar-refractivity contribution in [2.24, 2.45) is 0 Å². The van der Waals surface area contributed by atoms with Crippen LogP contribution in [0.15, 0.2) is 42.5 Å². The molecule has 4 heteroatoms. The summed E-state index contributed by atoms with van der Waals surface area (Å²) in [5, 5.41) is 2.64. The van der Waals surface area contributed by atoms with Crippen LogP contribution in [0.3, 0.4) is 0 Å². The van der Waals surface area contributed by atoms with Gasteiger partial charge < -0.3 is 14.4 Å². The topological polar surface area (TPSA) is 21.7 Å². The molecule has 0 aliphatic carbocycles. The van der Waals surface area contributed by atoms with Gasteiger partial charge in [-0.15, -0.1) is 0 Å². The fourth-order valence-corrected chi connectivity index (χ4v) is 4.54. The molecule has 2 aromatic carbocycles. The van der Waals surface area contributed by atoms with E-state index >= 15 is 0 Å². The van der Waals surface area contributed by atoms with E-state index in [9.17, 15) is 0 Å². The zero-order valence-corrected chi connectivity index (χ0v) is 15.5. The quantitative estimate of drug-likeness (QED) is 0.591. The van der Waals surface area contributed by atoms with Gasteiger partial charge in [0, 0.05) is 36.5 Å². The van der Waals surface area contributed by atoms with Crippen LogP contribution in [-0.2, 0) is 4.74 Å². The second-order valence-electron chi connectivity index (χ2n) is 6.24. The van der Waals surface area contributed by atoms with Crippen LogP contribution in [0, 0.1) is 6.92 Å². The maximum absolute atomic E-state index is 5.77. The molecular weight excluding hydrogens is 317 g/mol. The molecule has 0 N–H and O–H groups in total. The van der Waals surface area contributed by atoms with Gasteiger partial charge >= 0.3 is 0 Å². The highest BCUT2D eigenvalue weighted by molar-refractivity contribution is 7.56. The van der Waals surface area contributed by atoms with Gasteiger partial charge in [0.05, 0.1) is 0 Å². The molecule has 1 aliphatic rings. The number of hydrogen-bond donors (Lipinski definition) is 0. The lowest BCUT2D eigenvalue weighted by molar-refractivity contribution is 0.0519. The van der Waals surface area contributed by atoms with E-state index in [4.69, 9.17) is 9.47 Å². The SMILES string of the molecule is COCOc1ccc(C)cc1Pc1ccccc1N1CCCCC1. The number of anilines is 1. The molecule has 128 valence electrons. The van der Waals surface area contributed by atoms with Crippen molar-refractivity contribution in [3.05, 3.63) is 48.0 Å². The number of methoxy groups -OCH3 is 1. The molecule has 0 saturated carbocycles. The van der Waals surface area contributed by atoms with Gasteiger partial charge in [0.1, 0.15) is 5.75 Å². The third kappa shape index (κ3) is 4.28. The number of piperidine rings is 1. The summed E-state index contributed by atoms with van der Waals surface area (Å²) in [5.74, 6) is 0.925. The van der Waals surface area contributed by atoms with Crippen LogP contribution in [0.5, 0.6) is 5.75 Å². The highest BCUT2D eigenvalue weighted by Gasteiger charge is 2.15. The summed E-state index contributed by atoms with van der Waals surface area (Å²) in [6.45, 7) is 4.75. The van der Waals surface area contributed by atoms with Gasteiger partial charge in [-0.1, -0.05) is 38.4 Å². The Balaban J connectivity index is 1.87. The molecule has 3 nitrogen and oxygen atoms in total. The van der Waals surface area contributed by atoms with Crippen LogP contribution in [0.25, 0.3) is 0 Å². The van der Waals surface area contributed by atoms with E-state index in [1.165, 1.54) is 54.2 Å². The molecular formula is C20H26NO2P. The average molecular weight is 343 g/mol. The van der Waals surface area contributed by atoms with Gasteiger partial charge in [0.2, 0.25) is 0 Å². The summed E-state index contributed by atoms with van der Waals surface area (Å²) in [6.07, 6.45) is 3.95. The second-order valence-corrected chi connectivity index (χ2v) is 7.57. The van der Waals surface area contributed by atoms with E-state index in [1.807, 2.05) is 0 Å². The molecule has 1 atom stereocenters. The van der Waals surface area contributed by atoms with Crippen LogP contribution in [0.1, 0.15) is 24.8 Å². The molecule has 24 heavy (non-hydrogen) atoms. The highest BCUT2D eigenvalue weighted by atomic mass is 31.1. The van der Waals surface area contributed by atoms with Crippen molar-refractivity contribution in [3.8, 4) is 5.75 Å². The number of nitrogens with zero attached hydrogens (tertiary/aromatic N) is 1. The molecule has 1 heterocycles. The number of benzene rings is 2. The zero-order chi connectivity index (χ0) is 16.8. The maximum Gasteiger partial charge on any atom is 0.188 e. The summed E-state index contributed by atoms with van der Waals surface area (Å²) < 4.78 is 10.8.